The Morgan fingerprint density at radius 1 is 1.47 bits per heavy atom. The van der Waals surface area contributed by atoms with Crippen LogP contribution in [0.5, 0.6) is 0 Å². The molecule has 1 aliphatic rings. The molecular formula is C14H16FNO3. The maximum absolute atomic E-state index is 13.2. The first-order chi connectivity index (χ1) is 8.93. The van der Waals surface area contributed by atoms with E-state index in [0.29, 0.717) is 24.1 Å². The van der Waals surface area contributed by atoms with E-state index < -0.39 is 11.5 Å². The van der Waals surface area contributed by atoms with Crippen LogP contribution >= 0.6 is 0 Å². The first kappa shape index (κ1) is 13.5. The molecule has 0 bridgehead atoms. The van der Waals surface area contributed by atoms with Gasteiger partial charge in [-0.15, -0.1) is 0 Å². The number of carbonyl (C=O) groups is 2. The molecule has 0 aromatic heterocycles. The van der Waals surface area contributed by atoms with E-state index in [1.165, 1.54) is 30.0 Å². The molecular weight excluding hydrogens is 249 g/mol. The third-order valence-electron chi connectivity index (χ3n) is 3.78. The number of aryl methyl sites for hydroxylation is 1. The lowest BCUT2D eigenvalue weighted by Crippen LogP contribution is -2.52. The monoisotopic (exact) mass is 265 g/mol. The molecule has 1 N–H and O–H groups in total. The summed E-state index contributed by atoms with van der Waals surface area (Å²) in [6.45, 7) is 3.40. The number of hydrogen-bond donors (Lipinski definition) is 1. The second-order valence-corrected chi connectivity index (χ2v) is 4.73. The Morgan fingerprint density at radius 3 is 2.68 bits per heavy atom. The fourth-order valence-corrected chi connectivity index (χ4v) is 3.00. The molecule has 1 aromatic rings. The highest BCUT2D eigenvalue weighted by Gasteiger charge is 2.50. The highest BCUT2D eigenvalue weighted by Crippen LogP contribution is 2.42. The van der Waals surface area contributed by atoms with Gasteiger partial charge < -0.3 is 10.0 Å². The molecule has 0 aliphatic heterocycles. The number of aliphatic carboxylic acids is 1. The zero-order chi connectivity index (χ0) is 14.2. The van der Waals surface area contributed by atoms with Crippen LogP contribution in [-0.4, -0.2) is 28.4 Å². The normalized spacial score (nSPS) is 21.0. The van der Waals surface area contributed by atoms with Crippen LogP contribution in [0.2, 0.25) is 0 Å². The average molecular weight is 265 g/mol. The number of rotatable bonds is 3. The van der Waals surface area contributed by atoms with Crippen LogP contribution in [0.3, 0.4) is 0 Å². The molecule has 2 rings (SSSR count). The molecule has 1 aliphatic carbocycles. The molecule has 0 saturated carbocycles. The Kier molecular flexibility index (Phi) is 3.30. The highest BCUT2D eigenvalue weighted by atomic mass is 19.1. The second-order valence-electron chi connectivity index (χ2n) is 4.73. The molecule has 0 radical (unpaired) electrons. The third-order valence-corrected chi connectivity index (χ3v) is 3.78. The van der Waals surface area contributed by atoms with Crippen molar-refractivity contribution in [3.05, 3.63) is 35.1 Å². The first-order valence-electron chi connectivity index (χ1n) is 6.24. The fraction of sp³-hybridized carbons (Fsp3) is 0.429. The van der Waals surface area contributed by atoms with Crippen LogP contribution in [0, 0.1) is 5.82 Å². The van der Waals surface area contributed by atoms with Crippen molar-refractivity contribution in [2.45, 2.75) is 32.2 Å². The molecule has 102 valence electrons. The standard InChI is InChI=1S/C14H16FNO3/c1-3-16(9(2)17)14(13(18)19)7-6-10-8-11(15)4-5-12(10)14/h4-5,8H,3,6-7H2,1-2H3,(H,18,19). The van der Waals surface area contributed by atoms with Gasteiger partial charge in [0.1, 0.15) is 5.82 Å². The zero-order valence-corrected chi connectivity index (χ0v) is 10.9. The van der Waals surface area contributed by atoms with Crippen molar-refractivity contribution < 1.29 is 19.1 Å². The molecule has 1 atom stereocenters. The Balaban J connectivity index is 2.62. The summed E-state index contributed by atoms with van der Waals surface area (Å²) in [5, 5.41) is 9.64. The Morgan fingerprint density at radius 2 is 2.16 bits per heavy atom. The molecule has 0 heterocycles. The Hall–Kier alpha value is -1.91. The summed E-state index contributed by atoms with van der Waals surface area (Å²) >= 11 is 0. The lowest BCUT2D eigenvalue weighted by molar-refractivity contribution is -0.159. The molecule has 4 nitrogen and oxygen atoms in total. The SMILES string of the molecule is CCN(C(C)=O)C1(C(=O)O)CCc2cc(F)ccc21. The summed E-state index contributed by atoms with van der Waals surface area (Å²) in [4.78, 5) is 24.9. The van der Waals surface area contributed by atoms with Crippen LogP contribution in [-0.2, 0) is 21.5 Å². The number of carbonyl (C=O) groups excluding carboxylic acids is 1. The van der Waals surface area contributed by atoms with Gasteiger partial charge in [-0.3, -0.25) is 4.79 Å². The largest absolute Gasteiger partial charge is 0.479 e. The lowest BCUT2D eigenvalue weighted by Gasteiger charge is -2.37. The lowest BCUT2D eigenvalue weighted by atomic mass is 9.89. The van der Waals surface area contributed by atoms with Crippen molar-refractivity contribution in [1.82, 2.24) is 4.90 Å². The number of halogens is 1. The zero-order valence-electron chi connectivity index (χ0n) is 10.9. The van der Waals surface area contributed by atoms with Gasteiger partial charge in [0.05, 0.1) is 0 Å². The van der Waals surface area contributed by atoms with Crippen LogP contribution in [0.15, 0.2) is 18.2 Å². The molecule has 1 aromatic carbocycles. The van der Waals surface area contributed by atoms with Gasteiger partial charge in [0.25, 0.3) is 0 Å². The van der Waals surface area contributed by atoms with Gasteiger partial charge in [-0.1, -0.05) is 6.07 Å². The molecule has 0 spiro atoms. The molecule has 0 fully saturated rings. The summed E-state index contributed by atoms with van der Waals surface area (Å²) in [7, 11) is 0. The fourth-order valence-electron chi connectivity index (χ4n) is 3.00. The molecule has 5 heteroatoms. The minimum Gasteiger partial charge on any atom is -0.479 e. The van der Waals surface area contributed by atoms with Crippen LogP contribution < -0.4 is 0 Å². The summed E-state index contributed by atoms with van der Waals surface area (Å²) < 4.78 is 13.2. The van der Waals surface area contributed by atoms with E-state index in [-0.39, 0.29) is 18.1 Å². The Labute approximate surface area is 110 Å². The summed E-state index contributed by atoms with van der Waals surface area (Å²) in [5.41, 5.74) is -0.163. The van der Waals surface area contributed by atoms with Gasteiger partial charge in [-0.2, -0.15) is 0 Å². The minimum absolute atomic E-state index is 0.286. The van der Waals surface area contributed by atoms with Crippen molar-refractivity contribution in [1.29, 1.82) is 0 Å². The number of nitrogens with zero attached hydrogens (tertiary/aromatic N) is 1. The van der Waals surface area contributed by atoms with Crippen LogP contribution in [0.4, 0.5) is 4.39 Å². The number of likely N-dealkylation sites (N-methyl/N-ethyl adjacent to an activating group) is 1. The number of amides is 1. The smallest absolute Gasteiger partial charge is 0.334 e. The number of hydrogen-bond acceptors (Lipinski definition) is 2. The van der Waals surface area contributed by atoms with E-state index >= 15 is 0 Å². The summed E-state index contributed by atoms with van der Waals surface area (Å²) in [5.74, 6) is -1.73. The predicted octanol–water partition coefficient (Wildman–Crippen LogP) is 1.92. The van der Waals surface area contributed by atoms with Crippen LogP contribution in [0.1, 0.15) is 31.4 Å². The second kappa shape index (κ2) is 4.64. The Bertz CT molecular complexity index is 543. The maximum atomic E-state index is 13.2. The number of fused-ring (bicyclic) bond motifs is 1. The van der Waals surface area contributed by atoms with Gasteiger partial charge in [0.15, 0.2) is 5.54 Å². The van der Waals surface area contributed by atoms with Gasteiger partial charge in [-0.05, 0) is 43.0 Å². The first-order valence-corrected chi connectivity index (χ1v) is 6.24. The third kappa shape index (κ3) is 1.89. The summed E-state index contributed by atoms with van der Waals surface area (Å²) in [6, 6.07) is 4.08. The molecule has 1 amide bonds. The van der Waals surface area contributed by atoms with Crippen LogP contribution in [0.25, 0.3) is 0 Å². The van der Waals surface area contributed by atoms with Gasteiger partial charge >= 0.3 is 5.97 Å². The molecule has 0 saturated heterocycles. The van der Waals surface area contributed by atoms with Crippen molar-refractivity contribution in [3.63, 3.8) is 0 Å². The van der Waals surface area contributed by atoms with E-state index in [1.807, 2.05) is 0 Å². The van der Waals surface area contributed by atoms with E-state index in [9.17, 15) is 19.1 Å². The van der Waals surface area contributed by atoms with E-state index in [1.54, 1.807) is 6.92 Å². The van der Waals surface area contributed by atoms with Gasteiger partial charge in [-0.25, -0.2) is 9.18 Å². The predicted molar refractivity (Wildman–Crippen MR) is 67.1 cm³/mol. The highest BCUT2D eigenvalue weighted by molar-refractivity contribution is 5.88. The molecule has 19 heavy (non-hydrogen) atoms. The average Bonchev–Trinajstić information content (AvgIpc) is 2.69. The number of carboxylic acid groups (broad SMARTS) is 1. The maximum Gasteiger partial charge on any atom is 0.334 e. The van der Waals surface area contributed by atoms with Gasteiger partial charge in [0, 0.05) is 13.5 Å². The van der Waals surface area contributed by atoms with Crippen molar-refractivity contribution in [2.24, 2.45) is 0 Å². The van der Waals surface area contributed by atoms with E-state index in [2.05, 4.69) is 0 Å². The number of benzene rings is 1. The summed E-state index contributed by atoms with van der Waals surface area (Å²) in [6.07, 6.45) is 0.748. The van der Waals surface area contributed by atoms with Gasteiger partial charge in [0.2, 0.25) is 5.91 Å². The van der Waals surface area contributed by atoms with E-state index in [4.69, 9.17) is 0 Å². The van der Waals surface area contributed by atoms with E-state index in [0.717, 1.165) is 0 Å². The molecule has 1 unspecified atom stereocenters. The van der Waals surface area contributed by atoms with Crippen molar-refractivity contribution in [3.8, 4) is 0 Å². The topological polar surface area (TPSA) is 57.6 Å². The minimum atomic E-state index is -1.36. The van der Waals surface area contributed by atoms with Crippen molar-refractivity contribution >= 4 is 11.9 Å². The van der Waals surface area contributed by atoms with Crippen molar-refractivity contribution in [2.75, 3.05) is 6.54 Å². The number of carboxylic acids is 1. The quantitative estimate of drug-likeness (QED) is 0.908.